The van der Waals surface area contributed by atoms with Crippen LogP contribution in [0.3, 0.4) is 0 Å². The molecule has 3 atom stereocenters. The molecule has 0 spiro atoms. The van der Waals surface area contributed by atoms with Crippen molar-refractivity contribution in [2.75, 3.05) is 39.5 Å². The zero-order valence-corrected chi connectivity index (χ0v) is 20.2. The minimum absolute atomic E-state index is 0.0692. The molecular weight excluding hydrogens is 446 g/mol. The second-order valence-electron chi connectivity index (χ2n) is 8.12. The van der Waals surface area contributed by atoms with Crippen LogP contribution in [0.1, 0.15) is 57.8 Å². The lowest BCUT2D eigenvalue weighted by atomic mass is 10.1. The van der Waals surface area contributed by atoms with E-state index in [2.05, 4.69) is 10.6 Å². The number of unbranched alkanes of at least 4 members (excludes halogenated alkanes) is 3. The van der Waals surface area contributed by atoms with Crippen molar-refractivity contribution in [2.45, 2.75) is 75.9 Å². The van der Waals surface area contributed by atoms with Crippen molar-refractivity contribution in [3.63, 3.8) is 0 Å². The number of carbonyl (C=O) groups is 3. The number of ether oxygens (including phenoxy) is 3. The molecule has 3 amide bonds. The molecule has 0 aromatic heterocycles. The van der Waals surface area contributed by atoms with Gasteiger partial charge in [-0.1, -0.05) is 19.3 Å². The summed E-state index contributed by atoms with van der Waals surface area (Å²) in [7, 11) is 0. The highest BCUT2D eigenvalue weighted by Crippen LogP contribution is 2.05. The number of hydrogen-bond acceptors (Lipinski definition) is 10. The Hall–Kier alpha value is -2.35. The molecule has 0 bridgehead atoms. The summed E-state index contributed by atoms with van der Waals surface area (Å²) in [5, 5.41) is 5.35. The number of rotatable bonds is 20. The molecule has 0 unspecified atom stereocenters. The molecule has 0 aliphatic rings. The number of alkyl carbamates (subject to hydrolysis) is 2. The standard InChI is InChI=1S/C21H45N7O6/c22-10-4-1-7-16(25)13-33-20(30)28-18(9-3-6-12-24)15-34-21(31)27-17(8-2-5-11-23)14-32-19(26)29/h16-18H,1-15,22-25H2,(H2,26,29)(H,27,31)(H,28,30)/t16-,17-,18-/m1/s1. The smallest absolute Gasteiger partial charge is 0.407 e. The second kappa shape index (κ2) is 21.2. The lowest BCUT2D eigenvalue weighted by Gasteiger charge is -2.21. The fourth-order valence-electron chi connectivity index (χ4n) is 3.06. The predicted octanol–water partition coefficient (Wildman–Crippen LogP) is -0.0144. The maximum absolute atomic E-state index is 12.3. The van der Waals surface area contributed by atoms with E-state index in [1.807, 2.05) is 0 Å². The molecule has 34 heavy (non-hydrogen) atoms. The van der Waals surface area contributed by atoms with Crippen molar-refractivity contribution < 1.29 is 28.6 Å². The van der Waals surface area contributed by atoms with E-state index < -0.39 is 30.4 Å². The Labute approximate surface area is 202 Å². The highest BCUT2D eigenvalue weighted by molar-refractivity contribution is 5.69. The third kappa shape index (κ3) is 19.1. The van der Waals surface area contributed by atoms with Crippen LogP contribution in [-0.4, -0.2) is 75.9 Å². The van der Waals surface area contributed by atoms with Crippen LogP contribution in [-0.2, 0) is 14.2 Å². The zero-order chi connectivity index (χ0) is 25.6. The fraction of sp³-hybridized carbons (Fsp3) is 0.857. The number of nitrogens with one attached hydrogen (secondary N) is 2. The van der Waals surface area contributed by atoms with Crippen LogP contribution in [0.4, 0.5) is 14.4 Å². The maximum Gasteiger partial charge on any atom is 0.407 e. The summed E-state index contributed by atoms with van der Waals surface area (Å²) in [6, 6.07) is -1.20. The van der Waals surface area contributed by atoms with Crippen molar-refractivity contribution in [3.05, 3.63) is 0 Å². The summed E-state index contributed by atoms with van der Waals surface area (Å²) < 4.78 is 15.3. The highest BCUT2D eigenvalue weighted by Gasteiger charge is 2.19. The molecule has 200 valence electrons. The van der Waals surface area contributed by atoms with Gasteiger partial charge in [-0.25, -0.2) is 14.4 Å². The van der Waals surface area contributed by atoms with Crippen LogP contribution in [0.2, 0.25) is 0 Å². The van der Waals surface area contributed by atoms with Crippen molar-refractivity contribution in [2.24, 2.45) is 28.7 Å². The van der Waals surface area contributed by atoms with Gasteiger partial charge in [0.05, 0.1) is 12.1 Å². The molecule has 0 fully saturated rings. The molecule has 0 aliphatic heterocycles. The first-order chi connectivity index (χ1) is 16.3. The normalized spacial score (nSPS) is 13.4. The fourth-order valence-corrected chi connectivity index (χ4v) is 3.06. The first kappa shape index (κ1) is 31.6. The third-order valence-electron chi connectivity index (χ3n) is 4.96. The van der Waals surface area contributed by atoms with Gasteiger partial charge in [0.2, 0.25) is 0 Å². The second-order valence-corrected chi connectivity index (χ2v) is 8.12. The highest BCUT2D eigenvalue weighted by atomic mass is 16.6. The van der Waals surface area contributed by atoms with E-state index in [1.54, 1.807) is 0 Å². The van der Waals surface area contributed by atoms with Gasteiger partial charge in [-0.05, 0) is 58.2 Å². The van der Waals surface area contributed by atoms with Crippen LogP contribution in [0.25, 0.3) is 0 Å². The van der Waals surface area contributed by atoms with Gasteiger partial charge in [-0.2, -0.15) is 0 Å². The van der Waals surface area contributed by atoms with Gasteiger partial charge in [-0.15, -0.1) is 0 Å². The van der Waals surface area contributed by atoms with Crippen LogP contribution >= 0.6 is 0 Å². The quantitative estimate of drug-likeness (QED) is 0.0888. The van der Waals surface area contributed by atoms with Gasteiger partial charge in [-0.3, -0.25) is 0 Å². The summed E-state index contributed by atoms with van der Waals surface area (Å²) >= 11 is 0. The molecular formula is C21H45N7O6. The molecule has 0 aromatic carbocycles. The van der Waals surface area contributed by atoms with Crippen LogP contribution in [0.5, 0.6) is 0 Å². The van der Waals surface area contributed by atoms with Crippen LogP contribution in [0, 0.1) is 0 Å². The Morgan fingerprint density at radius 3 is 1.47 bits per heavy atom. The number of hydrogen-bond donors (Lipinski definition) is 7. The van der Waals surface area contributed by atoms with E-state index in [1.165, 1.54) is 0 Å². The Morgan fingerprint density at radius 1 is 0.618 bits per heavy atom. The van der Waals surface area contributed by atoms with Gasteiger partial charge in [0.1, 0.15) is 19.8 Å². The summed E-state index contributed by atoms with van der Waals surface area (Å²) in [5.74, 6) is 0. The SMILES string of the molecule is NCCCC[C@@H](N)COC(=O)N[C@H](CCCCN)COC(=O)N[C@H](CCCCN)COC(N)=O. The zero-order valence-electron chi connectivity index (χ0n) is 20.2. The number of carbonyl (C=O) groups excluding carboxylic acids is 3. The van der Waals surface area contributed by atoms with Crippen LogP contribution in [0.15, 0.2) is 0 Å². The monoisotopic (exact) mass is 491 g/mol. The number of nitrogens with two attached hydrogens (primary N) is 5. The van der Waals surface area contributed by atoms with Gasteiger partial charge in [0.15, 0.2) is 0 Å². The van der Waals surface area contributed by atoms with Gasteiger partial charge in [0.25, 0.3) is 0 Å². The molecule has 0 saturated carbocycles. The first-order valence-corrected chi connectivity index (χ1v) is 12.0. The van der Waals surface area contributed by atoms with Gasteiger partial charge in [0, 0.05) is 6.04 Å². The predicted molar refractivity (Wildman–Crippen MR) is 129 cm³/mol. The maximum atomic E-state index is 12.3. The molecule has 12 N–H and O–H groups in total. The minimum Gasteiger partial charge on any atom is -0.448 e. The van der Waals surface area contributed by atoms with Gasteiger partial charge < -0.3 is 53.5 Å². The van der Waals surface area contributed by atoms with E-state index in [-0.39, 0.29) is 25.9 Å². The minimum atomic E-state index is -0.930. The van der Waals surface area contributed by atoms with E-state index in [9.17, 15) is 14.4 Å². The van der Waals surface area contributed by atoms with Crippen LogP contribution < -0.4 is 39.3 Å². The Balaban J connectivity index is 4.61. The molecule has 13 heteroatoms. The van der Waals surface area contributed by atoms with Crippen molar-refractivity contribution >= 4 is 18.3 Å². The van der Waals surface area contributed by atoms with E-state index >= 15 is 0 Å². The molecule has 0 aromatic rings. The van der Waals surface area contributed by atoms with Crippen molar-refractivity contribution in [1.82, 2.24) is 10.6 Å². The number of amides is 3. The third-order valence-corrected chi connectivity index (χ3v) is 4.96. The summed E-state index contributed by atoms with van der Waals surface area (Å²) in [6.45, 7) is 1.56. The Kier molecular flexibility index (Phi) is 19.7. The topological polar surface area (TPSA) is 233 Å². The van der Waals surface area contributed by atoms with E-state index in [4.69, 9.17) is 42.9 Å². The van der Waals surface area contributed by atoms with E-state index in [0.29, 0.717) is 38.9 Å². The summed E-state index contributed by atoms with van der Waals surface area (Å²) in [5.41, 5.74) is 27.4. The molecule has 13 nitrogen and oxygen atoms in total. The largest absolute Gasteiger partial charge is 0.448 e. The molecule has 0 radical (unpaired) electrons. The summed E-state index contributed by atoms with van der Waals surface area (Å²) in [6.07, 6.45) is 4.25. The van der Waals surface area contributed by atoms with Crippen molar-refractivity contribution in [3.8, 4) is 0 Å². The van der Waals surface area contributed by atoms with Gasteiger partial charge >= 0.3 is 18.3 Å². The lowest BCUT2D eigenvalue weighted by Crippen LogP contribution is -2.44. The Morgan fingerprint density at radius 2 is 1.03 bits per heavy atom. The molecule has 0 rings (SSSR count). The lowest BCUT2D eigenvalue weighted by molar-refractivity contribution is 0.104. The average Bonchev–Trinajstić information content (AvgIpc) is 2.79. The Bertz CT molecular complexity index is 556. The van der Waals surface area contributed by atoms with Crippen molar-refractivity contribution in [1.29, 1.82) is 0 Å². The van der Waals surface area contributed by atoms with E-state index in [0.717, 1.165) is 38.5 Å². The summed E-state index contributed by atoms with van der Waals surface area (Å²) in [4.78, 5) is 35.3. The molecule has 0 saturated heterocycles. The number of primary amides is 1. The average molecular weight is 492 g/mol. The molecule has 0 aliphatic carbocycles. The molecule has 0 heterocycles. The first-order valence-electron chi connectivity index (χ1n) is 12.0.